The second-order valence-corrected chi connectivity index (χ2v) is 5.51. The first-order chi connectivity index (χ1) is 11.7. The van der Waals surface area contributed by atoms with E-state index in [1.807, 2.05) is 48.5 Å². The molecule has 0 aromatic heterocycles. The van der Waals surface area contributed by atoms with Crippen LogP contribution >= 0.6 is 11.6 Å². The summed E-state index contributed by atoms with van der Waals surface area (Å²) in [5, 5.41) is -0.558. The van der Waals surface area contributed by atoms with Crippen molar-refractivity contribution in [1.29, 1.82) is 0 Å². The molecule has 0 unspecified atom stereocenters. The maximum atomic E-state index is 13.0. The van der Waals surface area contributed by atoms with Gasteiger partial charge in [0, 0.05) is 22.5 Å². The Kier molecular flexibility index (Phi) is 4.73. The molecule has 0 spiro atoms. The van der Waals surface area contributed by atoms with Gasteiger partial charge in [0.15, 0.2) is 0 Å². The van der Waals surface area contributed by atoms with Gasteiger partial charge in [-0.2, -0.15) is 0 Å². The van der Waals surface area contributed by atoms with Crippen molar-refractivity contribution in [2.45, 2.75) is 0 Å². The first kappa shape index (κ1) is 16.0. The molecule has 1 amide bonds. The number of anilines is 2. The van der Waals surface area contributed by atoms with Crippen LogP contribution in [-0.4, -0.2) is 11.1 Å². The van der Waals surface area contributed by atoms with Crippen LogP contribution in [0.4, 0.5) is 11.4 Å². The van der Waals surface area contributed by atoms with Crippen molar-refractivity contribution in [2.75, 3.05) is 4.90 Å². The lowest BCUT2D eigenvalue weighted by Gasteiger charge is -2.23. The molecule has 0 saturated heterocycles. The van der Waals surface area contributed by atoms with Gasteiger partial charge in [-0.1, -0.05) is 42.5 Å². The van der Waals surface area contributed by atoms with Gasteiger partial charge in [0.2, 0.25) is 0 Å². The van der Waals surface area contributed by atoms with Crippen LogP contribution in [0, 0.1) is 0 Å². The number of para-hydroxylation sites is 1. The minimum absolute atomic E-state index is 0.180. The summed E-state index contributed by atoms with van der Waals surface area (Å²) in [7, 11) is 0. The van der Waals surface area contributed by atoms with Crippen molar-refractivity contribution in [3.63, 3.8) is 0 Å². The van der Waals surface area contributed by atoms with Gasteiger partial charge in [-0.3, -0.25) is 14.5 Å². The topological polar surface area (TPSA) is 37.4 Å². The number of hydrogen-bond donors (Lipinski definition) is 0. The van der Waals surface area contributed by atoms with Gasteiger partial charge in [0.1, 0.15) is 0 Å². The molecule has 0 atom stereocenters. The highest BCUT2D eigenvalue weighted by Gasteiger charge is 2.20. The molecule has 0 aliphatic rings. The predicted octanol–water partition coefficient (Wildman–Crippen LogP) is 5.04. The van der Waals surface area contributed by atoms with E-state index in [1.165, 1.54) is 0 Å². The van der Waals surface area contributed by atoms with E-state index in [2.05, 4.69) is 0 Å². The zero-order chi connectivity index (χ0) is 16.9. The van der Waals surface area contributed by atoms with E-state index in [0.717, 1.165) is 0 Å². The van der Waals surface area contributed by atoms with Gasteiger partial charge in [0.05, 0.1) is 0 Å². The van der Waals surface area contributed by atoms with E-state index >= 15 is 0 Å². The van der Waals surface area contributed by atoms with Gasteiger partial charge in [0.25, 0.3) is 11.1 Å². The molecule has 0 fully saturated rings. The highest BCUT2D eigenvalue weighted by molar-refractivity contribution is 6.67. The SMILES string of the molecule is O=C(Cl)c1cccc(N(C(=O)c2ccccc2)c2ccccc2)c1. The van der Waals surface area contributed by atoms with Gasteiger partial charge in [-0.05, 0) is 54.1 Å². The summed E-state index contributed by atoms with van der Waals surface area (Å²) in [4.78, 5) is 26.1. The predicted molar refractivity (Wildman–Crippen MR) is 96.0 cm³/mol. The number of carbonyl (C=O) groups excluding carboxylic acids is 2. The Labute approximate surface area is 145 Å². The normalized spacial score (nSPS) is 10.2. The maximum absolute atomic E-state index is 13.0. The Balaban J connectivity index is 2.11. The van der Waals surface area contributed by atoms with Crippen molar-refractivity contribution in [1.82, 2.24) is 0 Å². The molecule has 0 bridgehead atoms. The van der Waals surface area contributed by atoms with Crippen LogP contribution in [0.1, 0.15) is 20.7 Å². The van der Waals surface area contributed by atoms with E-state index in [-0.39, 0.29) is 5.91 Å². The molecule has 0 N–H and O–H groups in total. The summed E-state index contributed by atoms with van der Waals surface area (Å²) < 4.78 is 0. The van der Waals surface area contributed by atoms with Crippen LogP contribution in [0.5, 0.6) is 0 Å². The van der Waals surface area contributed by atoms with Gasteiger partial charge < -0.3 is 0 Å². The number of benzene rings is 3. The summed E-state index contributed by atoms with van der Waals surface area (Å²) >= 11 is 5.58. The van der Waals surface area contributed by atoms with Gasteiger partial charge >= 0.3 is 0 Å². The van der Waals surface area contributed by atoms with E-state index in [9.17, 15) is 9.59 Å². The summed E-state index contributed by atoms with van der Waals surface area (Å²) in [6.45, 7) is 0. The summed E-state index contributed by atoms with van der Waals surface area (Å²) in [6, 6.07) is 25.0. The van der Waals surface area contributed by atoms with Crippen LogP contribution in [0.2, 0.25) is 0 Å². The Morgan fingerprint density at radius 2 is 1.21 bits per heavy atom. The fourth-order valence-electron chi connectivity index (χ4n) is 2.44. The maximum Gasteiger partial charge on any atom is 0.262 e. The fourth-order valence-corrected chi connectivity index (χ4v) is 2.56. The first-order valence-corrected chi connectivity index (χ1v) is 7.79. The van der Waals surface area contributed by atoms with Crippen molar-refractivity contribution < 1.29 is 9.59 Å². The Morgan fingerprint density at radius 3 is 1.83 bits per heavy atom. The Hall–Kier alpha value is -2.91. The quantitative estimate of drug-likeness (QED) is 0.626. The van der Waals surface area contributed by atoms with Crippen molar-refractivity contribution in [3.8, 4) is 0 Å². The largest absolute Gasteiger partial charge is 0.277 e. The molecule has 0 saturated carbocycles. The number of hydrogen-bond acceptors (Lipinski definition) is 2. The van der Waals surface area contributed by atoms with E-state index in [0.29, 0.717) is 22.5 Å². The van der Waals surface area contributed by atoms with Crippen LogP contribution < -0.4 is 4.90 Å². The summed E-state index contributed by atoms with van der Waals surface area (Å²) in [5.41, 5.74) is 2.20. The second kappa shape index (κ2) is 7.11. The number of nitrogens with zero attached hydrogens (tertiary/aromatic N) is 1. The van der Waals surface area contributed by atoms with Crippen LogP contribution in [0.25, 0.3) is 0 Å². The number of amides is 1. The molecule has 0 heterocycles. The van der Waals surface area contributed by atoms with E-state index < -0.39 is 5.24 Å². The fraction of sp³-hybridized carbons (Fsp3) is 0. The lowest BCUT2D eigenvalue weighted by molar-refractivity contribution is 0.0998. The minimum atomic E-state index is -0.558. The van der Waals surface area contributed by atoms with Crippen LogP contribution in [0.15, 0.2) is 84.9 Å². The lowest BCUT2D eigenvalue weighted by atomic mass is 10.1. The van der Waals surface area contributed by atoms with Crippen molar-refractivity contribution in [3.05, 3.63) is 96.1 Å². The summed E-state index contributed by atoms with van der Waals surface area (Å²) in [5.74, 6) is -0.180. The number of rotatable bonds is 4. The monoisotopic (exact) mass is 335 g/mol. The second-order valence-electron chi connectivity index (χ2n) is 5.17. The van der Waals surface area contributed by atoms with Gasteiger partial charge in [-0.15, -0.1) is 0 Å². The highest BCUT2D eigenvalue weighted by Crippen LogP contribution is 2.28. The van der Waals surface area contributed by atoms with E-state index in [1.54, 1.807) is 41.3 Å². The molecule has 24 heavy (non-hydrogen) atoms. The molecule has 4 heteroatoms. The highest BCUT2D eigenvalue weighted by atomic mass is 35.5. The van der Waals surface area contributed by atoms with Crippen molar-refractivity contribution >= 4 is 34.1 Å². The Morgan fingerprint density at radius 1 is 0.667 bits per heavy atom. The lowest BCUT2D eigenvalue weighted by Crippen LogP contribution is -2.26. The average molecular weight is 336 g/mol. The minimum Gasteiger partial charge on any atom is -0.277 e. The first-order valence-electron chi connectivity index (χ1n) is 7.41. The summed E-state index contributed by atoms with van der Waals surface area (Å²) in [6.07, 6.45) is 0. The third kappa shape index (κ3) is 3.36. The van der Waals surface area contributed by atoms with Crippen LogP contribution in [0.3, 0.4) is 0 Å². The number of carbonyl (C=O) groups is 2. The molecule has 0 aliphatic carbocycles. The Bertz CT molecular complexity index is 863. The molecular weight excluding hydrogens is 322 g/mol. The molecule has 3 aromatic carbocycles. The molecular formula is C20H14ClNO2. The van der Waals surface area contributed by atoms with Crippen molar-refractivity contribution in [2.24, 2.45) is 0 Å². The van der Waals surface area contributed by atoms with Crippen LogP contribution in [-0.2, 0) is 0 Å². The molecule has 118 valence electrons. The molecule has 3 rings (SSSR count). The molecule has 3 aromatic rings. The average Bonchev–Trinajstić information content (AvgIpc) is 2.64. The standard InChI is InChI=1S/C20H14ClNO2/c21-19(23)16-10-7-13-18(14-16)22(17-11-5-2-6-12-17)20(24)15-8-3-1-4-9-15/h1-14H. The third-order valence-electron chi connectivity index (χ3n) is 3.57. The molecule has 3 nitrogen and oxygen atoms in total. The smallest absolute Gasteiger partial charge is 0.262 e. The zero-order valence-electron chi connectivity index (χ0n) is 12.7. The zero-order valence-corrected chi connectivity index (χ0v) is 13.5. The third-order valence-corrected chi connectivity index (χ3v) is 3.79. The van der Waals surface area contributed by atoms with Gasteiger partial charge in [-0.25, -0.2) is 0 Å². The molecule has 0 aliphatic heterocycles. The molecule has 0 radical (unpaired) electrons. The van der Waals surface area contributed by atoms with E-state index in [4.69, 9.17) is 11.6 Å². The number of halogens is 1.